The maximum absolute atomic E-state index is 12.0. The Balaban J connectivity index is 1.79. The van der Waals surface area contributed by atoms with Crippen LogP contribution in [0.25, 0.3) is 0 Å². The van der Waals surface area contributed by atoms with E-state index < -0.39 is 5.60 Å². The smallest absolute Gasteiger partial charge is 0.410 e. The van der Waals surface area contributed by atoms with E-state index in [2.05, 4.69) is 15.3 Å². The molecule has 1 N–H and O–H groups in total. The summed E-state index contributed by atoms with van der Waals surface area (Å²) in [6, 6.07) is 1.63. The molecule has 1 atom stereocenters. The number of hydrogen-bond donors (Lipinski definition) is 1. The van der Waals surface area contributed by atoms with Crippen LogP contribution in [0.5, 0.6) is 0 Å². The Bertz CT molecular complexity index is 504. The summed E-state index contributed by atoms with van der Waals surface area (Å²) >= 11 is 5.81. The van der Waals surface area contributed by atoms with Crippen molar-refractivity contribution in [3.8, 4) is 0 Å². The highest BCUT2D eigenvalue weighted by Gasteiger charge is 2.29. The van der Waals surface area contributed by atoms with Gasteiger partial charge in [-0.05, 0) is 39.2 Å². The van der Waals surface area contributed by atoms with Crippen LogP contribution in [-0.2, 0) is 4.74 Å². The van der Waals surface area contributed by atoms with Crippen LogP contribution in [-0.4, -0.2) is 46.2 Å². The van der Waals surface area contributed by atoms with E-state index in [4.69, 9.17) is 16.3 Å². The lowest BCUT2D eigenvalue weighted by Crippen LogP contribution is -2.35. The summed E-state index contributed by atoms with van der Waals surface area (Å²) in [4.78, 5) is 21.9. The molecule has 7 heteroatoms. The van der Waals surface area contributed by atoms with Crippen LogP contribution < -0.4 is 5.32 Å². The number of carbonyl (C=O) groups excluding carboxylic acids is 1. The van der Waals surface area contributed by atoms with Crippen molar-refractivity contribution in [3.05, 3.63) is 17.4 Å². The number of nitrogens with zero attached hydrogens (tertiary/aromatic N) is 3. The van der Waals surface area contributed by atoms with Crippen molar-refractivity contribution in [1.82, 2.24) is 14.9 Å². The highest BCUT2D eigenvalue weighted by atomic mass is 35.5. The van der Waals surface area contributed by atoms with Crippen molar-refractivity contribution >= 4 is 23.6 Å². The lowest BCUT2D eigenvalue weighted by Gasteiger charge is -2.24. The molecule has 2 rings (SSSR count). The molecule has 0 spiro atoms. The number of halogens is 1. The molecular formula is C14H21ClN4O2. The molecule has 116 valence electrons. The zero-order valence-corrected chi connectivity index (χ0v) is 13.4. The van der Waals surface area contributed by atoms with Gasteiger partial charge in [-0.2, -0.15) is 0 Å². The van der Waals surface area contributed by atoms with Gasteiger partial charge in [0.25, 0.3) is 0 Å². The number of nitrogens with one attached hydrogen (secondary N) is 1. The summed E-state index contributed by atoms with van der Waals surface area (Å²) < 4.78 is 5.37. The van der Waals surface area contributed by atoms with Crippen LogP contribution in [0.15, 0.2) is 12.3 Å². The highest BCUT2D eigenvalue weighted by Crippen LogP contribution is 2.19. The summed E-state index contributed by atoms with van der Waals surface area (Å²) in [5.41, 5.74) is -0.456. The van der Waals surface area contributed by atoms with Crippen molar-refractivity contribution in [3.63, 3.8) is 0 Å². The molecule has 21 heavy (non-hydrogen) atoms. The first-order valence-electron chi connectivity index (χ1n) is 7.04. The van der Waals surface area contributed by atoms with E-state index in [1.165, 1.54) is 0 Å². The van der Waals surface area contributed by atoms with Gasteiger partial charge in [-0.3, -0.25) is 0 Å². The molecule has 1 aromatic heterocycles. The summed E-state index contributed by atoms with van der Waals surface area (Å²) in [5.74, 6) is 0.873. The van der Waals surface area contributed by atoms with E-state index in [0.29, 0.717) is 30.1 Å². The van der Waals surface area contributed by atoms with E-state index >= 15 is 0 Å². The Labute approximate surface area is 129 Å². The summed E-state index contributed by atoms with van der Waals surface area (Å²) in [7, 11) is 0. The summed E-state index contributed by atoms with van der Waals surface area (Å²) in [5, 5.41) is 3.56. The largest absolute Gasteiger partial charge is 0.444 e. The molecule has 0 aliphatic carbocycles. The third-order valence-electron chi connectivity index (χ3n) is 3.11. The molecule has 2 heterocycles. The highest BCUT2D eigenvalue weighted by molar-refractivity contribution is 6.29. The number of likely N-dealkylation sites (tertiary alicyclic amines) is 1. The van der Waals surface area contributed by atoms with Crippen LogP contribution in [0.3, 0.4) is 0 Å². The number of rotatable bonds is 3. The van der Waals surface area contributed by atoms with Gasteiger partial charge in [-0.25, -0.2) is 14.8 Å². The van der Waals surface area contributed by atoms with Gasteiger partial charge in [-0.15, -0.1) is 0 Å². The molecule has 0 aromatic carbocycles. The van der Waals surface area contributed by atoms with Gasteiger partial charge in [0.05, 0.1) is 0 Å². The second-order valence-electron chi connectivity index (χ2n) is 6.16. The lowest BCUT2D eigenvalue weighted by molar-refractivity contribution is 0.0289. The molecule has 1 fully saturated rings. The Morgan fingerprint density at radius 2 is 2.33 bits per heavy atom. The molecule has 1 amide bonds. The van der Waals surface area contributed by atoms with Crippen LogP contribution in [0.4, 0.5) is 10.7 Å². The first-order valence-corrected chi connectivity index (χ1v) is 7.41. The van der Waals surface area contributed by atoms with Crippen molar-refractivity contribution < 1.29 is 9.53 Å². The molecular weight excluding hydrogens is 292 g/mol. The number of hydrogen-bond acceptors (Lipinski definition) is 5. The lowest BCUT2D eigenvalue weighted by atomic mass is 10.1. The number of carbonyl (C=O) groups is 1. The normalized spacial score (nSPS) is 18.7. The topological polar surface area (TPSA) is 67.3 Å². The predicted octanol–water partition coefficient (Wildman–Crippen LogP) is 2.80. The Morgan fingerprint density at radius 1 is 1.57 bits per heavy atom. The molecule has 1 saturated heterocycles. The Kier molecular flexibility index (Phi) is 4.88. The average Bonchev–Trinajstić information content (AvgIpc) is 2.83. The molecule has 6 nitrogen and oxygen atoms in total. The van der Waals surface area contributed by atoms with Gasteiger partial charge in [0.1, 0.15) is 10.8 Å². The molecule has 1 aromatic rings. The summed E-state index contributed by atoms with van der Waals surface area (Å²) in [6.07, 6.45) is 2.30. The molecule has 1 aliphatic heterocycles. The van der Waals surface area contributed by atoms with Gasteiger partial charge in [-0.1, -0.05) is 11.6 Å². The number of ether oxygens (including phenoxy) is 1. The minimum absolute atomic E-state index is 0.246. The first-order chi connectivity index (χ1) is 9.83. The molecule has 1 unspecified atom stereocenters. The summed E-state index contributed by atoms with van der Waals surface area (Å²) in [6.45, 7) is 7.73. The first kappa shape index (κ1) is 15.8. The maximum atomic E-state index is 12.0. The van der Waals surface area contributed by atoms with Crippen LogP contribution in [0.2, 0.25) is 5.15 Å². The maximum Gasteiger partial charge on any atom is 0.410 e. The van der Waals surface area contributed by atoms with Gasteiger partial charge in [0.2, 0.25) is 5.95 Å². The second-order valence-corrected chi connectivity index (χ2v) is 6.55. The molecule has 1 aliphatic rings. The standard InChI is InChI=1S/C14H21ClN4O2/c1-14(2,3)21-13(20)19-7-5-10(9-19)8-17-12-16-6-4-11(15)18-12/h4,6,10H,5,7-9H2,1-3H3,(H,16,17,18). The van der Waals surface area contributed by atoms with E-state index in [-0.39, 0.29) is 6.09 Å². The molecule has 0 saturated carbocycles. The van der Waals surface area contributed by atoms with Gasteiger partial charge in [0.15, 0.2) is 0 Å². The Morgan fingerprint density at radius 3 is 3.00 bits per heavy atom. The van der Waals surface area contributed by atoms with Crippen molar-refractivity contribution in [2.45, 2.75) is 32.8 Å². The third kappa shape index (κ3) is 5.04. The van der Waals surface area contributed by atoms with E-state index in [1.54, 1.807) is 17.2 Å². The predicted molar refractivity (Wildman–Crippen MR) is 81.4 cm³/mol. The van der Waals surface area contributed by atoms with E-state index in [9.17, 15) is 4.79 Å². The monoisotopic (exact) mass is 312 g/mol. The Hall–Kier alpha value is -1.56. The minimum Gasteiger partial charge on any atom is -0.444 e. The molecule has 0 radical (unpaired) electrons. The fourth-order valence-electron chi connectivity index (χ4n) is 2.15. The third-order valence-corrected chi connectivity index (χ3v) is 3.32. The fourth-order valence-corrected chi connectivity index (χ4v) is 2.29. The van der Waals surface area contributed by atoms with Crippen LogP contribution in [0.1, 0.15) is 27.2 Å². The van der Waals surface area contributed by atoms with Gasteiger partial charge >= 0.3 is 6.09 Å². The minimum atomic E-state index is -0.456. The second kappa shape index (κ2) is 6.47. The number of aromatic nitrogens is 2. The number of anilines is 1. The average molecular weight is 313 g/mol. The SMILES string of the molecule is CC(C)(C)OC(=O)N1CCC(CNc2nccc(Cl)n2)C1. The van der Waals surface area contributed by atoms with Crippen molar-refractivity contribution in [2.24, 2.45) is 5.92 Å². The quantitative estimate of drug-likeness (QED) is 0.869. The van der Waals surface area contributed by atoms with Crippen molar-refractivity contribution in [1.29, 1.82) is 0 Å². The van der Waals surface area contributed by atoms with Gasteiger partial charge < -0.3 is 15.0 Å². The molecule has 0 bridgehead atoms. The van der Waals surface area contributed by atoms with E-state index in [0.717, 1.165) is 13.0 Å². The fraction of sp³-hybridized carbons (Fsp3) is 0.643. The van der Waals surface area contributed by atoms with Crippen LogP contribution >= 0.6 is 11.6 Å². The zero-order valence-electron chi connectivity index (χ0n) is 12.6. The van der Waals surface area contributed by atoms with Crippen LogP contribution in [0, 0.1) is 5.92 Å². The number of amides is 1. The van der Waals surface area contributed by atoms with Gasteiger partial charge in [0, 0.05) is 25.8 Å². The van der Waals surface area contributed by atoms with E-state index in [1.807, 2.05) is 20.8 Å². The zero-order chi connectivity index (χ0) is 15.5. The van der Waals surface area contributed by atoms with Crippen molar-refractivity contribution in [2.75, 3.05) is 25.0 Å².